The molecule has 0 bridgehead atoms. The molecular weight excluding hydrogens is 673 g/mol. The first-order valence-electron chi connectivity index (χ1n) is 14.5. The second-order valence-corrected chi connectivity index (χ2v) is 13.6. The number of benzene rings is 2. The Balaban J connectivity index is 2.04. The van der Waals surface area contributed by atoms with Gasteiger partial charge >= 0.3 is 5.97 Å². The number of nitrogens with zero attached hydrogens (tertiary/aromatic N) is 1. The van der Waals surface area contributed by atoms with E-state index in [0.717, 1.165) is 5.69 Å². The average Bonchev–Trinajstić information content (AvgIpc) is 3.02. The van der Waals surface area contributed by atoms with Gasteiger partial charge in [0.15, 0.2) is 0 Å². The van der Waals surface area contributed by atoms with E-state index in [1.165, 1.54) is 6.07 Å². The van der Waals surface area contributed by atoms with E-state index in [0.29, 0.717) is 10.8 Å². The van der Waals surface area contributed by atoms with Crippen LogP contribution >= 0.6 is 25.3 Å². The third-order valence-electron chi connectivity index (χ3n) is 6.84. The molecule has 2 aromatic carbocycles. The van der Waals surface area contributed by atoms with E-state index in [-0.39, 0.29) is 28.7 Å². The van der Waals surface area contributed by atoms with Crippen molar-refractivity contribution in [2.75, 3.05) is 43.7 Å². The summed E-state index contributed by atoms with van der Waals surface area (Å²) in [5.74, 6) is -5.39. The van der Waals surface area contributed by atoms with Crippen LogP contribution < -0.4 is 30.9 Å². The molecule has 15 nitrogen and oxygen atoms in total. The molecule has 47 heavy (non-hydrogen) atoms. The molecule has 2 aromatic rings. The fourth-order valence-electron chi connectivity index (χ4n) is 4.46. The van der Waals surface area contributed by atoms with Crippen LogP contribution in [0.25, 0.3) is 10.8 Å². The molecule has 0 radical (unpaired) electrons. The van der Waals surface area contributed by atoms with E-state index in [2.05, 4.69) is 51.2 Å². The van der Waals surface area contributed by atoms with Crippen LogP contribution in [0.4, 0.5) is 5.69 Å². The summed E-state index contributed by atoms with van der Waals surface area (Å²) < 4.78 is 28.5. The van der Waals surface area contributed by atoms with Gasteiger partial charge < -0.3 is 36.4 Å². The average molecular weight is 715 g/mol. The molecule has 0 aromatic heterocycles. The molecule has 0 aliphatic carbocycles. The predicted molar refractivity (Wildman–Crippen MR) is 183 cm³/mol. The monoisotopic (exact) mass is 714 g/mol. The highest BCUT2D eigenvalue weighted by Gasteiger charge is 2.31. The SMILES string of the molecule is CC(C)C[C@H](NC(=O)[C@H](CO)NC(=O)[C@H](CS)NC(=O)[C@H](CS)NC(=O)CNS(=O)(=O)c1cccc2c(N(C)C)cccc12)C(=O)O. The number of aliphatic carboxylic acids is 1. The number of carboxylic acid groups (broad SMARTS) is 1. The normalized spacial score (nSPS) is 14.0. The maximum Gasteiger partial charge on any atom is 0.326 e. The fourth-order valence-corrected chi connectivity index (χ4v) is 6.18. The largest absolute Gasteiger partial charge is 0.480 e. The molecule has 0 aliphatic rings. The van der Waals surface area contributed by atoms with Gasteiger partial charge in [0, 0.05) is 42.1 Å². The Hall–Kier alpha value is -3.58. The minimum absolute atomic E-state index is 0.0362. The number of fused-ring (bicyclic) bond motifs is 1. The van der Waals surface area contributed by atoms with Gasteiger partial charge in [0.25, 0.3) is 0 Å². The van der Waals surface area contributed by atoms with Gasteiger partial charge in [-0.15, -0.1) is 0 Å². The molecule has 4 atom stereocenters. The topological polar surface area (TPSA) is 223 Å². The zero-order chi connectivity index (χ0) is 35.5. The van der Waals surface area contributed by atoms with Crippen LogP contribution in [0.5, 0.6) is 0 Å². The van der Waals surface area contributed by atoms with Gasteiger partial charge in [-0.1, -0.05) is 38.1 Å². The smallest absolute Gasteiger partial charge is 0.326 e. The lowest BCUT2D eigenvalue weighted by atomic mass is 10.0. The molecule has 2 rings (SSSR count). The standard InChI is InChI=1S/C29H42N6O9S3/c1-16(2)11-19(29(41)42)32-26(38)20(13-36)33-28(40)22(15-46)34-27(39)21(14-45)31-25(37)12-30-47(43,44)24-10-6-7-17-18(24)8-5-9-23(17)35(3)4/h5-10,16,19-22,30,36,45-46H,11-15H2,1-4H3,(H,31,37)(H,32,38)(H,33,40)(H,34,39)(H,41,42)/t19-,20-,21-,22-/m0/s1. The number of carboxylic acids is 1. The summed E-state index contributed by atoms with van der Waals surface area (Å²) in [6.45, 7) is 1.96. The molecule has 0 unspecified atom stereocenters. The van der Waals surface area contributed by atoms with Crippen molar-refractivity contribution in [1.29, 1.82) is 0 Å². The molecule has 260 valence electrons. The van der Waals surface area contributed by atoms with Crippen molar-refractivity contribution in [2.24, 2.45) is 5.92 Å². The fraction of sp³-hybridized carbons (Fsp3) is 0.483. The summed E-state index contributed by atoms with van der Waals surface area (Å²) in [7, 11) is -0.501. The van der Waals surface area contributed by atoms with E-state index < -0.39 is 76.9 Å². The number of carbonyl (C=O) groups is 5. The number of aliphatic hydroxyl groups excluding tert-OH is 1. The van der Waals surface area contributed by atoms with Gasteiger partial charge in [0.05, 0.1) is 18.0 Å². The van der Waals surface area contributed by atoms with Crippen molar-refractivity contribution in [2.45, 2.75) is 49.3 Å². The van der Waals surface area contributed by atoms with Gasteiger partial charge in [-0.3, -0.25) is 19.2 Å². The molecule has 4 amide bonds. The molecule has 0 saturated heterocycles. The predicted octanol–water partition coefficient (Wildman–Crippen LogP) is -0.894. The molecule has 18 heteroatoms. The Morgan fingerprint density at radius 2 is 1.30 bits per heavy atom. The Morgan fingerprint density at radius 3 is 1.83 bits per heavy atom. The first-order valence-corrected chi connectivity index (χ1v) is 17.3. The van der Waals surface area contributed by atoms with Crippen LogP contribution in [0.1, 0.15) is 20.3 Å². The number of hydrogen-bond donors (Lipinski definition) is 9. The number of aliphatic hydroxyl groups is 1. The Labute approximate surface area is 284 Å². The van der Waals surface area contributed by atoms with E-state index in [1.807, 2.05) is 25.1 Å². The number of rotatable bonds is 18. The highest BCUT2D eigenvalue weighted by molar-refractivity contribution is 7.89. The van der Waals surface area contributed by atoms with Crippen LogP contribution in [0, 0.1) is 5.92 Å². The van der Waals surface area contributed by atoms with E-state index in [9.17, 15) is 42.6 Å². The number of anilines is 1. The quantitative estimate of drug-likeness (QED) is 0.0867. The Morgan fingerprint density at radius 1 is 0.787 bits per heavy atom. The number of hydrogen-bond acceptors (Lipinski definition) is 11. The molecule has 0 heterocycles. The molecule has 0 spiro atoms. The van der Waals surface area contributed by atoms with Crippen LogP contribution in [0.3, 0.4) is 0 Å². The van der Waals surface area contributed by atoms with Gasteiger partial charge in [-0.05, 0) is 24.5 Å². The Bertz CT molecular complexity index is 1560. The second kappa shape index (κ2) is 18.1. The molecule has 0 aliphatic heterocycles. The van der Waals surface area contributed by atoms with Crippen molar-refractivity contribution < 1.29 is 42.6 Å². The highest BCUT2D eigenvalue weighted by Crippen LogP contribution is 2.30. The van der Waals surface area contributed by atoms with E-state index in [4.69, 9.17) is 0 Å². The van der Waals surface area contributed by atoms with E-state index >= 15 is 0 Å². The number of carbonyl (C=O) groups excluding carboxylic acids is 4. The Kier molecular flexibility index (Phi) is 15.2. The third kappa shape index (κ3) is 11.3. The first kappa shape index (κ1) is 39.6. The lowest BCUT2D eigenvalue weighted by molar-refractivity contribution is -0.143. The summed E-state index contributed by atoms with van der Waals surface area (Å²) in [5.41, 5.74) is 0.803. The maximum absolute atomic E-state index is 13.2. The summed E-state index contributed by atoms with van der Waals surface area (Å²) in [4.78, 5) is 64.3. The molecule has 7 N–H and O–H groups in total. The van der Waals surface area contributed by atoms with Crippen molar-refractivity contribution in [3.63, 3.8) is 0 Å². The zero-order valence-corrected chi connectivity index (χ0v) is 29.0. The van der Waals surface area contributed by atoms with Crippen LogP contribution in [-0.2, 0) is 34.0 Å². The van der Waals surface area contributed by atoms with Crippen LogP contribution in [-0.4, -0.2) is 111 Å². The number of thiol groups is 2. The minimum atomic E-state index is -4.16. The maximum atomic E-state index is 13.2. The second-order valence-electron chi connectivity index (χ2n) is 11.2. The third-order valence-corrected chi connectivity index (χ3v) is 9.03. The van der Waals surface area contributed by atoms with Crippen LogP contribution in [0.2, 0.25) is 0 Å². The zero-order valence-electron chi connectivity index (χ0n) is 26.4. The van der Waals surface area contributed by atoms with Crippen molar-refractivity contribution in [1.82, 2.24) is 26.0 Å². The molecule has 0 saturated carbocycles. The van der Waals surface area contributed by atoms with Crippen LogP contribution in [0.15, 0.2) is 41.3 Å². The van der Waals surface area contributed by atoms with Gasteiger partial charge in [0.1, 0.15) is 24.2 Å². The summed E-state index contributed by atoms with van der Waals surface area (Å²) in [6.07, 6.45) is 0.113. The molecule has 0 fully saturated rings. The summed E-state index contributed by atoms with van der Waals surface area (Å²) >= 11 is 8.14. The van der Waals surface area contributed by atoms with Gasteiger partial charge in [-0.2, -0.15) is 25.3 Å². The number of amides is 4. The number of nitrogens with one attached hydrogen (secondary N) is 5. The van der Waals surface area contributed by atoms with Gasteiger partial charge in [-0.25, -0.2) is 17.9 Å². The van der Waals surface area contributed by atoms with E-state index in [1.54, 1.807) is 38.1 Å². The summed E-state index contributed by atoms with van der Waals surface area (Å²) in [6, 6.07) is 4.60. The highest BCUT2D eigenvalue weighted by atomic mass is 32.2. The number of sulfonamides is 1. The summed E-state index contributed by atoms with van der Waals surface area (Å²) in [5, 5.41) is 29.4. The first-order chi connectivity index (χ1) is 22.1. The van der Waals surface area contributed by atoms with Gasteiger partial charge in [0.2, 0.25) is 33.7 Å². The lowest BCUT2D eigenvalue weighted by Crippen LogP contribution is -2.59. The van der Waals surface area contributed by atoms with Crippen molar-refractivity contribution >= 4 is 81.3 Å². The van der Waals surface area contributed by atoms with Crippen molar-refractivity contribution in [3.8, 4) is 0 Å². The van der Waals surface area contributed by atoms with Crippen molar-refractivity contribution in [3.05, 3.63) is 36.4 Å². The molecular formula is C29H42N6O9S3. The lowest BCUT2D eigenvalue weighted by Gasteiger charge is -2.24. The minimum Gasteiger partial charge on any atom is -0.480 e.